The molecule has 2 aromatic carbocycles. The lowest BCUT2D eigenvalue weighted by molar-refractivity contribution is 0.132. The SMILES string of the molecule is Fc1ccc(CO/N=C/c2cn[nH]c2-c2ccc(F)cc2)cc1. The van der Waals surface area contributed by atoms with E-state index in [1.165, 1.54) is 30.5 Å². The van der Waals surface area contributed by atoms with E-state index < -0.39 is 0 Å². The molecule has 0 aliphatic heterocycles. The van der Waals surface area contributed by atoms with E-state index in [0.29, 0.717) is 0 Å². The van der Waals surface area contributed by atoms with Gasteiger partial charge in [-0.05, 0) is 42.0 Å². The summed E-state index contributed by atoms with van der Waals surface area (Å²) in [5.41, 5.74) is 3.05. The van der Waals surface area contributed by atoms with Crippen molar-refractivity contribution in [1.29, 1.82) is 0 Å². The summed E-state index contributed by atoms with van der Waals surface area (Å²) in [5.74, 6) is -0.592. The maximum absolute atomic E-state index is 13.0. The lowest BCUT2D eigenvalue weighted by Crippen LogP contribution is -1.90. The van der Waals surface area contributed by atoms with E-state index in [2.05, 4.69) is 15.4 Å². The van der Waals surface area contributed by atoms with E-state index in [-0.39, 0.29) is 18.2 Å². The highest BCUT2D eigenvalue weighted by Crippen LogP contribution is 2.20. The molecule has 0 bridgehead atoms. The Balaban J connectivity index is 1.65. The van der Waals surface area contributed by atoms with Crippen LogP contribution in [0, 0.1) is 11.6 Å². The van der Waals surface area contributed by atoms with Gasteiger partial charge in [0.25, 0.3) is 0 Å². The minimum Gasteiger partial charge on any atom is -0.391 e. The number of hydrogen-bond acceptors (Lipinski definition) is 3. The van der Waals surface area contributed by atoms with Crippen LogP contribution in [0.5, 0.6) is 0 Å². The molecular formula is C17H13F2N3O. The molecule has 0 aliphatic carbocycles. The van der Waals surface area contributed by atoms with Crippen molar-refractivity contribution >= 4 is 6.21 Å². The Labute approximate surface area is 131 Å². The Morgan fingerprint density at radius 3 is 2.35 bits per heavy atom. The van der Waals surface area contributed by atoms with Crippen LogP contribution in [0.15, 0.2) is 59.9 Å². The quantitative estimate of drug-likeness (QED) is 0.573. The van der Waals surface area contributed by atoms with Gasteiger partial charge in [0.2, 0.25) is 0 Å². The van der Waals surface area contributed by atoms with E-state index in [4.69, 9.17) is 4.84 Å². The fraction of sp³-hybridized carbons (Fsp3) is 0.0588. The Hall–Kier alpha value is -3.02. The number of aromatic amines is 1. The highest BCUT2D eigenvalue weighted by molar-refractivity contribution is 5.88. The number of rotatable bonds is 5. The molecule has 0 saturated carbocycles. The average Bonchev–Trinajstić information content (AvgIpc) is 3.02. The van der Waals surface area contributed by atoms with Crippen molar-refractivity contribution in [3.8, 4) is 11.3 Å². The van der Waals surface area contributed by atoms with Crippen molar-refractivity contribution in [2.45, 2.75) is 6.61 Å². The van der Waals surface area contributed by atoms with Crippen molar-refractivity contribution in [2.75, 3.05) is 0 Å². The minimum absolute atomic E-state index is 0.237. The summed E-state index contributed by atoms with van der Waals surface area (Å²) in [4.78, 5) is 5.19. The molecule has 23 heavy (non-hydrogen) atoms. The summed E-state index contributed by atoms with van der Waals surface area (Å²) < 4.78 is 25.8. The van der Waals surface area contributed by atoms with E-state index in [9.17, 15) is 8.78 Å². The van der Waals surface area contributed by atoms with Crippen molar-refractivity contribution in [3.05, 3.63) is 77.5 Å². The first kappa shape index (κ1) is 14.9. The fourth-order valence-electron chi connectivity index (χ4n) is 2.03. The third-order valence-corrected chi connectivity index (χ3v) is 3.21. The van der Waals surface area contributed by atoms with Gasteiger partial charge in [-0.15, -0.1) is 0 Å². The molecule has 0 fully saturated rings. The van der Waals surface area contributed by atoms with E-state index in [1.54, 1.807) is 30.5 Å². The number of nitrogens with zero attached hydrogens (tertiary/aromatic N) is 2. The van der Waals surface area contributed by atoms with Gasteiger partial charge < -0.3 is 4.84 Å². The summed E-state index contributed by atoms with van der Waals surface area (Å²) in [6.07, 6.45) is 3.12. The highest BCUT2D eigenvalue weighted by atomic mass is 19.1. The molecule has 1 heterocycles. The van der Waals surface area contributed by atoms with Crippen LogP contribution < -0.4 is 0 Å². The lowest BCUT2D eigenvalue weighted by Gasteiger charge is -2.01. The van der Waals surface area contributed by atoms with Gasteiger partial charge in [-0.3, -0.25) is 5.10 Å². The van der Waals surface area contributed by atoms with Crippen molar-refractivity contribution in [2.24, 2.45) is 5.16 Å². The first-order chi connectivity index (χ1) is 11.2. The molecule has 1 N–H and O–H groups in total. The largest absolute Gasteiger partial charge is 0.391 e. The molecular weight excluding hydrogens is 300 g/mol. The number of halogens is 2. The number of benzene rings is 2. The molecule has 0 unspecified atom stereocenters. The second-order valence-electron chi connectivity index (χ2n) is 4.84. The highest BCUT2D eigenvalue weighted by Gasteiger charge is 2.06. The van der Waals surface area contributed by atoms with Gasteiger partial charge in [0.1, 0.15) is 18.2 Å². The third-order valence-electron chi connectivity index (χ3n) is 3.21. The third kappa shape index (κ3) is 3.79. The molecule has 0 amide bonds. The van der Waals surface area contributed by atoms with Crippen LogP contribution in [0.4, 0.5) is 8.78 Å². The van der Waals surface area contributed by atoms with E-state index in [1.807, 2.05) is 0 Å². The Morgan fingerprint density at radius 2 is 1.65 bits per heavy atom. The zero-order valence-corrected chi connectivity index (χ0v) is 12.0. The molecule has 0 saturated heterocycles. The van der Waals surface area contributed by atoms with Crippen LogP contribution in [-0.2, 0) is 11.4 Å². The first-order valence-electron chi connectivity index (χ1n) is 6.91. The topological polar surface area (TPSA) is 50.3 Å². The predicted octanol–water partition coefficient (Wildman–Crippen LogP) is 3.91. The van der Waals surface area contributed by atoms with Crippen LogP contribution in [0.3, 0.4) is 0 Å². The predicted molar refractivity (Wildman–Crippen MR) is 82.8 cm³/mol. The summed E-state index contributed by atoms with van der Waals surface area (Å²) >= 11 is 0. The average molecular weight is 313 g/mol. The second-order valence-corrected chi connectivity index (χ2v) is 4.84. The van der Waals surface area contributed by atoms with Gasteiger partial charge in [0.15, 0.2) is 0 Å². The molecule has 4 nitrogen and oxygen atoms in total. The molecule has 6 heteroatoms. The lowest BCUT2D eigenvalue weighted by atomic mass is 10.1. The molecule has 0 spiro atoms. The smallest absolute Gasteiger partial charge is 0.142 e. The molecule has 3 aromatic rings. The Kier molecular flexibility index (Phi) is 4.42. The summed E-state index contributed by atoms with van der Waals surface area (Å²) in [5, 5.41) is 10.7. The van der Waals surface area contributed by atoms with Crippen LogP contribution in [0.25, 0.3) is 11.3 Å². The van der Waals surface area contributed by atoms with Crippen LogP contribution in [0.1, 0.15) is 11.1 Å². The molecule has 0 atom stereocenters. The Bertz CT molecular complexity index is 795. The number of aromatic nitrogens is 2. The van der Waals surface area contributed by atoms with E-state index in [0.717, 1.165) is 22.4 Å². The number of H-pyrrole nitrogens is 1. The number of oxime groups is 1. The van der Waals surface area contributed by atoms with Crippen LogP contribution in [0.2, 0.25) is 0 Å². The van der Waals surface area contributed by atoms with Crippen LogP contribution in [-0.4, -0.2) is 16.4 Å². The Morgan fingerprint density at radius 1 is 1.00 bits per heavy atom. The number of hydrogen-bond donors (Lipinski definition) is 1. The molecule has 0 aliphatic rings. The van der Waals surface area contributed by atoms with Gasteiger partial charge in [0.05, 0.1) is 18.1 Å². The zero-order valence-electron chi connectivity index (χ0n) is 12.0. The summed E-state index contributed by atoms with van der Waals surface area (Å²) in [7, 11) is 0. The monoisotopic (exact) mass is 313 g/mol. The van der Waals surface area contributed by atoms with Gasteiger partial charge in [-0.1, -0.05) is 17.3 Å². The van der Waals surface area contributed by atoms with Gasteiger partial charge >= 0.3 is 0 Å². The van der Waals surface area contributed by atoms with Gasteiger partial charge in [-0.25, -0.2) is 8.78 Å². The normalized spacial score (nSPS) is 11.0. The van der Waals surface area contributed by atoms with Gasteiger partial charge in [0, 0.05) is 11.1 Å². The maximum atomic E-state index is 13.0. The van der Waals surface area contributed by atoms with Crippen LogP contribution >= 0.6 is 0 Å². The minimum atomic E-state index is -0.300. The van der Waals surface area contributed by atoms with Crippen molar-refractivity contribution in [3.63, 3.8) is 0 Å². The van der Waals surface area contributed by atoms with Crippen molar-refractivity contribution in [1.82, 2.24) is 10.2 Å². The zero-order chi connectivity index (χ0) is 16.1. The maximum Gasteiger partial charge on any atom is 0.142 e. The van der Waals surface area contributed by atoms with Gasteiger partial charge in [-0.2, -0.15) is 5.10 Å². The second kappa shape index (κ2) is 6.83. The standard InChI is InChI=1S/C17H13F2N3O/c18-15-5-1-12(2-6-15)11-23-21-10-14-9-20-22-17(14)13-3-7-16(19)8-4-13/h1-10H,11H2,(H,20,22)/b21-10+. The number of nitrogens with one attached hydrogen (secondary N) is 1. The molecule has 1 aromatic heterocycles. The fourth-order valence-corrected chi connectivity index (χ4v) is 2.03. The summed E-state index contributed by atoms with van der Waals surface area (Å²) in [6.45, 7) is 0.237. The molecule has 116 valence electrons. The van der Waals surface area contributed by atoms with Crippen molar-refractivity contribution < 1.29 is 13.6 Å². The van der Waals surface area contributed by atoms with E-state index >= 15 is 0 Å². The summed E-state index contributed by atoms with van der Waals surface area (Å²) in [6, 6.07) is 12.1. The first-order valence-corrected chi connectivity index (χ1v) is 6.91. The molecule has 3 rings (SSSR count). The molecule has 0 radical (unpaired) electrons.